The molecule has 3 N–H and O–H groups in total. The molecule has 7 nitrogen and oxygen atoms in total. The van der Waals surface area contributed by atoms with Gasteiger partial charge in [-0.2, -0.15) is 0 Å². The summed E-state index contributed by atoms with van der Waals surface area (Å²) in [5.74, 6) is -1.11. The molecule has 1 unspecified atom stereocenters. The average Bonchev–Trinajstić information content (AvgIpc) is 2.62. The van der Waals surface area contributed by atoms with E-state index in [9.17, 15) is 14.4 Å². The number of aromatic amines is 1. The van der Waals surface area contributed by atoms with Gasteiger partial charge < -0.3 is 15.6 Å². The standard InChI is InChI=1S/C18H17ClN4O3S/c1-3-7-27-18-22-15-14(17(26)23-18)10(8-13(24)21-15)16(25)20-12-6-4-5-11(19)9(12)2/h3-6,10H,1,7-8H2,2H3,(H,20,25)(H2,21,22,23,24,26). The molecule has 2 amide bonds. The van der Waals surface area contributed by atoms with Crippen molar-refractivity contribution in [2.75, 3.05) is 16.4 Å². The van der Waals surface area contributed by atoms with E-state index in [1.54, 1.807) is 31.2 Å². The highest BCUT2D eigenvalue weighted by atomic mass is 35.5. The Morgan fingerprint density at radius 1 is 1.48 bits per heavy atom. The summed E-state index contributed by atoms with van der Waals surface area (Å²) in [4.78, 5) is 44.3. The maximum absolute atomic E-state index is 12.8. The van der Waals surface area contributed by atoms with E-state index in [-0.39, 0.29) is 23.7 Å². The number of nitrogens with zero attached hydrogens (tertiary/aromatic N) is 1. The van der Waals surface area contributed by atoms with E-state index in [4.69, 9.17) is 11.6 Å². The minimum atomic E-state index is -0.943. The van der Waals surface area contributed by atoms with Crippen LogP contribution in [0, 0.1) is 6.92 Å². The average molecular weight is 405 g/mol. The van der Waals surface area contributed by atoms with Crippen LogP contribution in [0.3, 0.4) is 0 Å². The fourth-order valence-corrected chi connectivity index (χ4v) is 3.51. The van der Waals surface area contributed by atoms with Crippen LogP contribution in [0.25, 0.3) is 0 Å². The van der Waals surface area contributed by atoms with Crippen molar-refractivity contribution >= 4 is 46.7 Å². The number of nitrogens with one attached hydrogen (secondary N) is 3. The highest BCUT2D eigenvalue weighted by Crippen LogP contribution is 2.31. The molecule has 2 aromatic rings. The zero-order valence-corrected chi connectivity index (χ0v) is 16.0. The van der Waals surface area contributed by atoms with Crippen LogP contribution >= 0.6 is 23.4 Å². The Balaban J connectivity index is 1.94. The second kappa shape index (κ2) is 7.98. The number of amides is 2. The molecule has 27 heavy (non-hydrogen) atoms. The van der Waals surface area contributed by atoms with E-state index in [0.717, 1.165) is 0 Å². The monoisotopic (exact) mass is 404 g/mol. The van der Waals surface area contributed by atoms with Crippen molar-refractivity contribution in [1.29, 1.82) is 0 Å². The van der Waals surface area contributed by atoms with Crippen molar-refractivity contribution in [3.8, 4) is 0 Å². The number of halogens is 1. The molecule has 0 saturated heterocycles. The zero-order valence-electron chi connectivity index (χ0n) is 14.5. The Labute approximate surface area is 164 Å². The molecule has 1 atom stereocenters. The van der Waals surface area contributed by atoms with Crippen LogP contribution in [-0.2, 0) is 9.59 Å². The molecule has 3 rings (SSSR count). The summed E-state index contributed by atoms with van der Waals surface area (Å²) in [5, 5.41) is 6.20. The molecular weight excluding hydrogens is 388 g/mol. The minimum absolute atomic E-state index is 0.115. The molecule has 140 valence electrons. The Hall–Kier alpha value is -2.58. The number of carbonyl (C=O) groups excluding carboxylic acids is 2. The number of fused-ring (bicyclic) bond motifs is 1. The molecule has 1 aromatic heterocycles. The number of hydrogen-bond donors (Lipinski definition) is 3. The van der Waals surface area contributed by atoms with Gasteiger partial charge in [0.2, 0.25) is 11.8 Å². The predicted octanol–water partition coefficient (Wildman–Crippen LogP) is 3.07. The third-order valence-electron chi connectivity index (χ3n) is 4.11. The first-order valence-electron chi connectivity index (χ1n) is 8.14. The second-order valence-corrected chi connectivity index (χ2v) is 7.36. The Morgan fingerprint density at radius 2 is 2.26 bits per heavy atom. The number of carbonyl (C=O) groups is 2. The maximum atomic E-state index is 12.8. The summed E-state index contributed by atoms with van der Waals surface area (Å²) in [5.41, 5.74) is 0.933. The zero-order chi connectivity index (χ0) is 19.6. The van der Waals surface area contributed by atoms with Crippen LogP contribution in [0.1, 0.15) is 23.5 Å². The van der Waals surface area contributed by atoms with E-state index in [0.29, 0.717) is 27.2 Å². The van der Waals surface area contributed by atoms with Gasteiger partial charge in [-0.3, -0.25) is 14.4 Å². The number of rotatable bonds is 5. The van der Waals surface area contributed by atoms with Crippen LogP contribution in [-0.4, -0.2) is 27.5 Å². The third kappa shape index (κ3) is 4.06. The first kappa shape index (κ1) is 19.2. The summed E-state index contributed by atoms with van der Waals surface area (Å²) in [6.07, 6.45) is 1.54. The van der Waals surface area contributed by atoms with Crippen molar-refractivity contribution in [2.24, 2.45) is 0 Å². The first-order chi connectivity index (χ1) is 12.9. The van der Waals surface area contributed by atoms with Gasteiger partial charge >= 0.3 is 0 Å². The highest BCUT2D eigenvalue weighted by molar-refractivity contribution is 7.99. The summed E-state index contributed by atoms with van der Waals surface area (Å²) in [6, 6.07) is 5.14. The number of H-pyrrole nitrogens is 1. The van der Waals surface area contributed by atoms with Gasteiger partial charge in [0.05, 0.1) is 11.5 Å². The normalized spacial score (nSPS) is 15.6. The summed E-state index contributed by atoms with van der Waals surface area (Å²) < 4.78 is 0. The van der Waals surface area contributed by atoms with E-state index >= 15 is 0 Å². The number of anilines is 2. The Kier molecular flexibility index (Phi) is 5.67. The third-order valence-corrected chi connectivity index (χ3v) is 5.39. The van der Waals surface area contributed by atoms with Gasteiger partial charge in [0.1, 0.15) is 5.82 Å². The fourth-order valence-electron chi connectivity index (χ4n) is 2.74. The molecule has 2 heterocycles. The van der Waals surface area contributed by atoms with Gasteiger partial charge in [-0.1, -0.05) is 35.5 Å². The van der Waals surface area contributed by atoms with Gasteiger partial charge in [0.25, 0.3) is 5.56 Å². The fraction of sp³-hybridized carbons (Fsp3) is 0.222. The first-order valence-corrected chi connectivity index (χ1v) is 9.50. The highest BCUT2D eigenvalue weighted by Gasteiger charge is 2.35. The number of benzene rings is 1. The number of hydrogen-bond acceptors (Lipinski definition) is 5. The van der Waals surface area contributed by atoms with E-state index < -0.39 is 17.4 Å². The SMILES string of the molecule is C=CCSc1nc2c(c(=O)[nH]1)C(C(=O)Nc1cccc(Cl)c1C)CC(=O)N2. The molecule has 1 aromatic carbocycles. The molecule has 0 spiro atoms. The van der Waals surface area contributed by atoms with Crippen LogP contribution in [0.15, 0.2) is 40.8 Å². The molecule has 0 aliphatic carbocycles. The lowest BCUT2D eigenvalue weighted by Crippen LogP contribution is -2.36. The van der Waals surface area contributed by atoms with Gasteiger partial charge in [0.15, 0.2) is 5.16 Å². The molecule has 0 fully saturated rings. The molecule has 0 saturated carbocycles. The second-order valence-electron chi connectivity index (χ2n) is 5.94. The van der Waals surface area contributed by atoms with Crippen LogP contribution in [0.5, 0.6) is 0 Å². The minimum Gasteiger partial charge on any atom is -0.325 e. The van der Waals surface area contributed by atoms with Gasteiger partial charge in [-0.25, -0.2) is 4.98 Å². The molecule has 1 aliphatic rings. The Bertz CT molecular complexity index is 989. The largest absolute Gasteiger partial charge is 0.325 e. The summed E-state index contributed by atoms with van der Waals surface area (Å²) in [6.45, 7) is 5.39. The van der Waals surface area contributed by atoms with Crippen molar-refractivity contribution < 1.29 is 9.59 Å². The van der Waals surface area contributed by atoms with E-state index in [1.807, 2.05) is 0 Å². The van der Waals surface area contributed by atoms with Crippen LogP contribution in [0.4, 0.5) is 11.5 Å². The lowest BCUT2D eigenvalue weighted by Gasteiger charge is -2.23. The van der Waals surface area contributed by atoms with Crippen molar-refractivity contribution in [2.45, 2.75) is 24.4 Å². The van der Waals surface area contributed by atoms with Crippen molar-refractivity contribution in [3.63, 3.8) is 0 Å². The van der Waals surface area contributed by atoms with Gasteiger partial charge in [0, 0.05) is 22.9 Å². The summed E-state index contributed by atoms with van der Waals surface area (Å²) in [7, 11) is 0. The number of aromatic nitrogens is 2. The van der Waals surface area contributed by atoms with E-state index in [2.05, 4.69) is 27.2 Å². The Morgan fingerprint density at radius 3 is 3.00 bits per heavy atom. The molecular formula is C18H17ClN4O3S. The lowest BCUT2D eigenvalue weighted by molar-refractivity contribution is -0.123. The molecule has 0 radical (unpaired) electrons. The van der Waals surface area contributed by atoms with E-state index in [1.165, 1.54) is 11.8 Å². The quantitative estimate of drug-likeness (QED) is 0.403. The molecule has 1 aliphatic heterocycles. The van der Waals surface area contributed by atoms with Crippen molar-refractivity contribution in [3.05, 3.63) is 57.4 Å². The molecule has 0 bridgehead atoms. The number of thioether (sulfide) groups is 1. The predicted molar refractivity (Wildman–Crippen MR) is 107 cm³/mol. The maximum Gasteiger partial charge on any atom is 0.257 e. The van der Waals surface area contributed by atoms with Crippen LogP contribution < -0.4 is 16.2 Å². The van der Waals surface area contributed by atoms with Gasteiger partial charge in [-0.15, -0.1) is 6.58 Å². The van der Waals surface area contributed by atoms with Crippen LogP contribution in [0.2, 0.25) is 5.02 Å². The van der Waals surface area contributed by atoms with Crippen molar-refractivity contribution in [1.82, 2.24) is 9.97 Å². The molecule has 9 heteroatoms. The van der Waals surface area contributed by atoms with Gasteiger partial charge in [-0.05, 0) is 24.6 Å². The lowest BCUT2D eigenvalue weighted by atomic mass is 9.92. The smallest absolute Gasteiger partial charge is 0.257 e. The topological polar surface area (TPSA) is 104 Å². The summed E-state index contributed by atoms with van der Waals surface area (Å²) >= 11 is 7.36.